The van der Waals surface area contributed by atoms with Gasteiger partial charge in [-0.05, 0) is 24.6 Å². The summed E-state index contributed by atoms with van der Waals surface area (Å²) in [5, 5.41) is 2.85. The van der Waals surface area contributed by atoms with E-state index in [2.05, 4.69) is 5.32 Å². The molecule has 0 aromatic heterocycles. The fourth-order valence-corrected chi connectivity index (χ4v) is 2.86. The Kier molecular flexibility index (Phi) is 6.64. The molecule has 1 N–H and O–H groups in total. The molecular formula is C18H27N3O4. The van der Waals surface area contributed by atoms with E-state index >= 15 is 0 Å². The van der Waals surface area contributed by atoms with E-state index in [1.807, 2.05) is 30.0 Å². The molecule has 1 fully saturated rings. The minimum Gasteiger partial charge on any atom is -0.497 e. The summed E-state index contributed by atoms with van der Waals surface area (Å²) in [5.41, 5.74) is 0.979. The van der Waals surface area contributed by atoms with Gasteiger partial charge in [0.05, 0.1) is 26.7 Å². The van der Waals surface area contributed by atoms with Crippen LogP contribution in [0, 0.1) is 0 Å². The highest BCUT2D eigenvalue weighted by Crippen LogP contribution is 2.24. The van der Waals surface area contributed by atoms with Crippen molar-refractivity contribution in [3.63, 3.8) is 0 Å². The van der Waals surface area contributed by atoms with E-state index in [4.69, 9.17) is 9.47 Å². The lowest BCUT2D eigenvalue weighted by molar-refractivity contribution is -0.138. The minimum absolute atomic E-state index is 0.0298. The predicted octanol–water partition coefficient (Wildman–Crippen LogP) is 0.873. The average molecular weight is 349 g/mol. The molecule has 1 aromatic carbocycles. The molecule has 7 nitrogen and oxygen atoms in total. The summed E-state index contributed by atoms with van der Waals surface area (Å²) in [6, 6.07) is 5.19. The Hall–Kier alpha value is -2.28. The van der Waals surface area contributed by atoms with Gasteiger partial charge in [0.15, 0.2) is 0 Å². The van der Waals surface area contributed by atoms with Crippen LogP contribution in [0.25, 0.3) is 0 Å². The van der Waals surface area contributed by atoms with E-state index < -0.39 is 6.04 Å². The van der Waals surface area contributed by atoms with E-state index in [9.17, 15) is 9.59 Å². The standard InChI is InChI=1S/C18H27N3O4/c1-5-20(2)17(22)11-16-18(23)19-6-7-21(16)12-13-8-14(24-3)10-15(9-13)25-4/h8-10,16H,5-7,11-12H2,1-4H3,(H,19,23). The molecule has 1 atom stereocenters. The van der Waals surface area contributed by atoms with E-state index in [1.54, 1.807) is 26.2 Å². The molecule has 138 valence electrons. The predicted molar refractivity (Wildman–Crippen MR) is 94.7 cm³/mol. The summed E-state index contributed by atoms with van der Waals surface area (Å²) in [4.78, 5) is 28.3. The molecule has 2 amide bonds. The van der Waals surface area contributed by atoms with Crippen molar-refractivity contribution in [1.29, 1.82) is 0 Å². The van der Waals surface area contributed by atoms with E-state index in [-0.39, 0.29) is 18.2 Å². The van der Waals surface area contributed by atoms with Gasteiger partial charge in [-0.1, -0.05) is 0 Å². The molecular weight excluding hydrogens is 322 g/mol. The second-order valence-electron chi connectivity index (χ2n) is 6.11. The monoisotopic (exact) mass is 349 g/mol. The maximum Gasteiger partial charge on any atom is 0.237 e. The number of nitrogens with one attached hydrogen (secondary N) is 1. The second-order valence-corrected chi connectivity index (χ2v) is 6.11. The highest BCUT2D eigenvalue weighted by molar-refractivity contribution is 5.88. The van der Waals surface area contributed by atoms with Crippen LogP contribution >= 0.6 is 0 Å². The third kappa shape index (κ3) is 4.85. The molecule has 0 bridgehead atoms. The lowest BCUT2D eigenvalue weighted by atomic mass is 10.1. The highest BCUT2D eigenvalue weighted by Gasteiger charge is 2.32. The van der Waals surface area contributed by atoms with Crippen molar-refractivity contribution in [2.24, 2.45) is 0 Å². The number of carbonyl (C=O) groups is 2. The van der Waals surface area contributed by atoms with Gasteiger partial charge in [-0.25, -0.2) is 0 Å². The number of carbonyl (C=O) groups excluding carboxylic acids is 2. The molecule has 1 heterocycles. The summed E-state index contributed by atoms with van der Waals surface area (Å²) in [7, 11) is 4.96. The van der Waals surface area contributed by atoms with Gasteiger partial charge in [-0.2, -0.15) is 0 Å². The molecule has 0 saturated carbocycles. The van der Waals surface area contributed by atoms with Crippen LogP contribution in [-0.2, 0) is 16.1 Å². The molecule has 0 radical (unpaired) electrons. The smallest absolute Gasteiger partial charge is 0.237 e. The van der Waals surface area contributed by atoms with Crippen LogP contribution in [0.1, 0.15) is 18.9 Å². The molecule has 7 heteroatoms. The third-order valence-corrected chi connectivity index (χ3v) is 4.51. The Bertz CT molecular complexity index is 598. The van der Waals surface area contributed by atoms with Gasteiger partial charge in [-0.15, -0.1) is 0 Å². The van der Waals surface area contributed by atoms with Crippen LogP contribution in [0.3, 0.4) is 0 Å². The fraction of sp³-hybridized carbons (Fsp3) is 0.556. The first kappa shape index (κ1) is 19.1. The Morgan fingerprint density at radius 1 is 1.28 bits per heavy atom. The number of piperazine rings is 1. The summed E-state index contributed by atoms with van der Waals surface area (Å²) in [6.07, 6.45) is 0.178. The number of hydrogen-bond acceptors (Lipinski definition) is 5. The first-order valence-electron chi connectivity index (χ1n) is 8.46. The molecule has 1 aliphatic rings. The first-order valence-corrected chi connectivity index (χ1v) is 8.46. The topological polar surface area (TPSA) is 71.1 Å². The Morgan fingerprint density at radius 2 is 1.92 bits per heavy atom. The summed E-state index contributed by atoms with van der Waals surface area (Å²) in [6.45, 7) is 4.36. The van der Waals surface area contributed by atoms with Crippen LogP contribution < -0.4 is 14.8 Å². The van der Waals surface area contributed by atoms with Gasteiger partial charge in [0.1, 0.15) is 11.5 Å². The first-order chi connectivity index (χ1) is 12.0. The summed E-state index contributed by atoms with van der Waals surface area (Å²) >= 11 is 0. The maximum atomic E-state index is 12.3. The number of rotatable bonds is 7. The molecule has 1 saturated heterocycles. The Morgan fingerprint density at radius 3 is 2.48 bits per heavy atom. The van der Waals surface area contributed by atoms with Crippen molar-refractivity contribution in [3.05, 3.63) is 23.8 Å². The molecule has 25 heavy (non-hydrogen) atoms. The van der Waals surface area contributed by atoms with Gasteiger partial charge in [-0.3, -0.25) is 14.5 Å². The molecule has 1 unspecified atom stereocenters. The van der Waals surface area contributed by atoms with Gasteiger partial charge in [0.2, 0.25) is 11.8 Å². The molecule has 0 aliphatic carbocycles. The number of hydrogen-bond donors (Lipinski definition) is 1. The lowest BCUT2D eigenvalue weighted by Gasteiger charge is -2.35. The van der Waals surface area contributed by atoms with Crippen LogP contribution in [0.15, 0.2) is 18.2 Å². The quantitative estimate of drug-likeness (QED) is 0.791. The second kappa shape index (κ2) is 8.71. The van der Waals surface area contributed by atoms with E-state index in [1.165, 1.54) is 0 Å². The van der Waals surface area contributed by atoms with Gasteiger partial charge in [0.25, 0.3) is 0 Å². The third-order valence-electron chi connectivity index (χ3n) is 4.51. The summed E-state index contributed by atoms with van der Waals surface area (Å²) in [5.74, 6) is 1.28. The van der Waals surface area contributed by atoms with Crippen molar-refractivity contribution in [2.75, 3.05) is 40.9 Å². The van der Waals surface area contributed by atoms with Crippen LogP contribution in [-0.4, -0.2) is 68.6 Å². The van der Waals surface area contributed by atoms with E-state index in [0.29, 0.717) is 37.7 Å². The zero-order valence-corrected chi connectivity index (χ0v) is 15.4. The molecule has 1 aliphatic heterocycles. The van der Waals surface area contributed by atoms with Crippen LogP contribution in [0.2, 0.25) is 0 Å². The molecule has 1 aromatic rings. The van der Waals surface area contributed by atoms with Gasteiger partial charge < -0.3 is 19.7 Å². The normalized spacial score (nSPS) is 17.8. The number of methoxy groups -OCH3 is 2. The number of ether oxygens (including phenoxy) is 2. The van der Waals surface area contributed by atoms with Crippen molar-refractivity contribution in [3.8, 4) is 11.5 Å². The average Bonchev–Trinajstić information content (AvgIpc) is 2.63. The summed E-state index contributed by atoms with van der Waals surface area (Å²) < 4.78 is 10.6. The molecule has 0 spiro atoms. The van der Waals surface area contributed by atoms with Crippen molar-refractivity contribution in [2.45, 2.75) is 25.9 Å². The largest absolute Gasteiger partial charge is 0.497 e. The number of benzene rings is 1. The van der Waals surface area contributed by atoms with Crippen molar-refractivity contribution >= 4 is 11.8 Å². The zero-order chi connectivity index (χ0) is 18.4. The Labute approximate surface area is 148 Å². The van der Waals surface area contributed by atoms with Gasteiger partial charge in [0, 0.05) is 39.3 Å². The Balaban J connectivity index is 2.17. The number of nitrogens with zero attached hydrogens (tertiary/aromatic N) is 2. The van der Waals surface area contributed by atoms with Crippen molar-refractivity contribution in [1.82, 2.24) is 15.1 Å². The maximum absolute atomic E-state index is 12.3. The highest BCUT2D eigenvalue weighted by atomic mass is 16.5. The van der Waals surface area contributed by atoms with E-state index in [0.717, 1.165) is 5.56 Å². The number of amides is 2. The molecule has 2 rings (SSSR count). The SMILES string of the molecule is CCN(C)C(=O)CC1C(=O)NCCN1Cc1cc(OC)cc(OC)c1. The lowest BCUT2D eigenvalue weighted by Crippen LogP contribution is -2.56. The van der Waals surface area contributed by atoms with Crippen molar-refractivity contribution < 1.29 is 19.1 Å². The van der Waals surface area contributed by atoms with Gasteiger partial charge >= 0.3 is 0 Å². The van der Waals surface area contributed by atoms with Crippen LogP contribution in [0.5, 0.6) is 11.5 Å². The fourth-order valence-electron chi connectivity index (χ4n) is 2.86. The minimum atomic E-state index is -0.465. The zero-order valence-electron chi connectivity index (χ0n) is 15.4. The van der Waals surface area contributed by atoms with Crippen LogP contribution in [0.4, 0.5) is 0 Å².